The van der Waals surface area contributed by atoms with E-state index in [0.29, 0.717) is 17.9 Å². The van der Waals surface area contributed by atoms with Gasteiger partial charge in [0.25, 0.3) is 0 Å². The highest BCUT2D eigenvalue weighted by molar-refractivity contribution is 9.10. The Morgan fingerprint density at radius 1 is 1.12 bits per heavy atom. The molecule has 0 aliphatic heterocycles. The molecule has 1 aromatic rings. The minimum absolute atomic E-state index is 0.0247. The summed E-state index contributed by atoms with van der Waals surface area (Å²) in [7, 11) is 0. The van der Waals surface area contributed by atoms with Crippen LogP contribution in [0.3, 0.4) is 0 Å². The Balaban J connectivity index is 1.90. The van der Waals surface area contributed by atoms with Crippen molar-refractivity contribution in [3.05, 3.63) is 33.8 Å². The Bertz CT molecular complexity index is 513. The molecule has 0 amide bonds. The van der Waals surface area contributed by atoms with Crippen LogP contribution < -0.4 is 0 Å². The van der Waals surface area contributed by atoms with Gasteiger partial charge in [-0.3, -0.25) is 0 Å². The Kier molecular flexibility index (Phi) is 8.15. The molecule has 0 aromatic heterocycles. The fraction of sp³-hybridized carbons (Fsp3) is 0.700. The first-order valence-electron chi connectivity index (χ1n) is 9.29. The molecule has 0 bridgehead atoms. The third kappa shape index (κ3) is 5.52. The lowest BCUT2D eigenvalue weighted by Gasteiger charge is -2.33. The van der Waals surface area contributed by atoms with E-state index in [4.69, 9.17) is 0 Å². The molecular formula is C20H29BrF2O. The lowest BCUT2D eigenvalue weighted by Crippen LogP contribution is -2.26. The van der Waals surface area contributed by atoms with Gasteiger partial charge in [-0.15, -0.1) is 0 Å². The zero-order valence-corrected chi connectivity index (χ0v) is 16.1. The van der Waals surface area contributed by atoms with E-state index in [9.17, 15) is 13.9 Å². The second kappa shape index (κ2) is 9.86. The first-order valence-corrected chi connectivity index (χ1v) is 10.1. The minimum atomic E-state index is -0.442. The van der Waals surface area contributed by atoms with Crippen LogP contribution in [0.25, 0.3) is 0 Å². The van der Waals surface area contributed by atoms with E-state index in [1.165, 1.54) is 50.7 Å². The van der Waals surface area contributed by atoms with E-state index in [-0.39, 0.29) is 17.0 Å². The first-order chi connectivity index (χ1) is 11.5. The normalized spacial score (nSPS) is 22.5. The van der Waals surface area contributed by atoms with Crippen LogP contribution in [0.2, 0.25) is 0 Å². The lowest BCUT2D eigenvalue weighted by molar-refractivity contribution is 0.128. The van der Waals surface area contributed by atoms with Crippen molar-refractivity contribution in [1.82, 2.24) is 0 Å². The first kappa shape index (κ1) is 19.8. The third-order valence-electron chi connectivity index (χ3n) is 5.58. The van der Waals surface area contributed by atoms with Gasteiger partial charge >= 0.3 is 0 Å². The van der Waals surface area contributed by atoms with E-state index < -0.39 is 11.6 Å². The number of aliphatic hydroxyl groups is 1. The van der Waals surface area contributed by atoms with Crippen molar-refractivity contribution in [3.63, 3.8) is 0 Å². The van der Waals surface area contributed by atoms with Gasteiger partial charge in [-0.1, -0.05) is 45.4 Å². The molecule has 1 nitrogen and oxygen atoms in total. The molecular weight excluding hydrogens is 374 g/mol. The maximum atomic E-state index is 14.1. The van der Waals surface area contributed by atoms with Crippen LogP contribution in [0.15, 0.2) is 16.6 Å². The largest absolute Gasteiger partial charge is 0.396 e. The summed E-state index contributed by atoms with van der Waals surface area (Å²) in [5, 5.41) is 9.77. The maximum absolute atomic E-state index is 14.1. The summed E-state index contributed by atoms with van der Waals surface area (Å²) in [4.78, 5) is 0. The standard InChI is InChI=1S/C20H29BrF2O/c1-2-3-4-5-14-6-8-15(9-7-14)17(13-24)10-16-11-20(23)18(21)12-19(16)22/h11-12,14-15,17,24H,2-10,13H2,1H3. The molecule has 136 valence electrons. The van der Waals surface area contributed by atoms with Crippen molar-refractivity contribution in [2.24, 2.45) is 17.8 Å². The van der Waals surface area contributed by atoms with Crippen LogP contribution in [0, 0.1) is 29.4 Å². The lowest BCUT2D eigenvalue weighted by atomic mass is 9.73. The molecule has 1 saturated carbocycles. The summed E-state index contributed by atoms with van der Waals surface area (Å²) < 4.78 is 27.9. The number of benzene rings is 1. The molecule has 1 aliphatic carbocycles. The summed E-state index contributed by atoms with van der Waals surface area (Å²) >= 11 is 3.01. The highest BCUT2D eigenvalue weighted by Gasteiger charge is 2.28. The monoisotopic (exact) mass is 402 g/mol. The van der Waals surface area contributed by atoms with Crippen LogP contribution in [0.5, 0.6) is 0 Å². The van der Waals surface area contributed by atoms with Gasteiger partial charge in [0, 0.05) is 6.61 Å². The molecule has 24 heavy (non-hydrogen) atoms. The highest BCUT2D eigenvalue weighted by Crippen LogP contribution is 2.37. The van der Waals surface area contributed by atoms with E-state index in [1.807, 2.05) is 0 Å². The topological polar surface area (TPSA) is 20.2 Å². The molecule has 2 rings (SSSR count). The quantitative estimate of drug-likeness (QED) is 0.401. The minimum Gasteiger partial charge on any atom is -0.396 e. The van der Waals surface area contributed by atoms with Crippen molar-refractivity contribution in [2.75, 3.05) is 6.61 Å². The van der Waals surface area contributed by atoms with Gasteiger partial charge < -0.3 is 5.11 Å². The van der Waals surface area contributed by atoms with Gasteiger partial charge in [0.15, 0.2) is 0 Å². The van der Waals surface area contributed by atoms with Crippen molar-refractivity contribution in [1.29, 1.82) is 0 Å². The van der Waals surface area contributed by atoms with Crippen molar-refractivity contribution in [2.45, 2.75) is 64.7 Å². The smallest absolute Gasteiger partial charge is 0.137 e. The molecule has 1 N–H and O–H groups in total. The molecule has 4 heteroatoms. The van der Waals surface area contributed by atoms with Crippen molar-refractivity contribution in [3.8, 4) is 0 Å². The summed E-state index contributed by atoms with van der Waals surface area (Å²) in [5.41, 5.74) is 0.375. The van der Waals surface area contributed by atoms with Gasteiger partial charge in [0.05, 0.1) is 4.47 Å². The van der Waals surface area contributed by atoms with Crippen LogP contribution in [-0.4, -0.2) is 11.7 Å². The number of hydrogen-bond acceptors (Lipinski definition) is 1. The average molecular weight is 403 g/mol. The molecule has 0 radical (unpaired) electrons. The summed E-state index contributed by atoms with van der Waals surface area (Å²) in [5.74, 6) is 0.423. The molecule has 1 fully saturated rings. The number of hydrogen-bond donors (Lipinski definition) is 1. The Morgan fingerprint density at radius 3 is 2.46 bits per heavy atom. The third-order valence-corrected chi connectivity index (χ3v) is 6.19. The number of aliphatic hydroxyl groups excluding tert-OH is 1. The van der Waals surface area contributed by atoms with Crippen molar-refractivity contribution < 1.29 is 13.9 Å². The second-order valence-electron chi connectivity index (χ2n) is 7.28. The number of unbranched alkanes of at least 4 members (excludes halogenated alkanes) is 2. The van der Waals surface area contributed by atoms with Crippen LogP contribution >= 0.6 is 15.9 Å². The average Bonchev–Trinajstić information content (AvgIpc) is 2.58. The van der Waals surface area contributed by atoms with Gasteiger partial charge in [-0.2, -0.15) is 0 Å². The summed E-state index contributed by atoms with van der Waals surface area (Å²) in [6.07, 6.45) is 10.2. The van der Waals surface area contributed by atoms with Crippen LogP contribution in [0.4, 0.5) is 8.78 Å². The fourth-order valence-electron chi connectivity index (χ4n) is 4.01. The Hall–Kier alpha value is -0.480. The SMILES string of the molecule is CCCCCC1CCC(C(CO)Cc2cc(F)c(Br)cc2F)CC1. The molecule has 1 unspecified atom stereocenters. The van der Waals surface area contributed by atoms with Crippen molar-refractivity contribution >= 4 is 15.9 Å². The second-order valence-corrected chi connectivity index (χ2v) is 8.14. The Labute approximate surface area is 153 Å². The Morgan fingerprint density at radius 2 is 1.83 bits per heavy atom. The fourth-order valence-corrected chi connectivity index (χ4v) is 4.33. The zero-order valence-electron chi connectivity index (χ0n) is 14.5. The van der Waals surface area contributed by atoms with Gasteiger partial charge in [-0.25, -0.2) is 8.78 Å². The van der Waals surface area contributed by atoms with Crippen LogP contribution in [0.1, 0.15) is 63.9 Å². The van der Waals surface area contributed by atoms with Gasteiger partial charge in [-0.05, 0) is 70.6 Å². The molecule has 1 atom stereocenters. The maximum Gasteiger partial charge on any atom is 0.137 e. The van der Waals surface area contributed by atoms with E-state index in [1.54, 1.807) is 0 Å². The predicted molar refractivity (Wildman–Crippen MR) is 97.9 cm³/mol. The molecule has 1 aromatic carbocycles. The van der Waals surface area contributed by atoms with Gasteiger partial charge in [0.1, 0.15) is 11.6 Å². The number of rotatable bonds is 8. The molecule has 1 aliphatic rings. The molecule has 0 spiro atoms. The van der Waals surface area contributed by atoms with Gasteiger partial charge in [0.2, 0.25) is 0 Å². The molecule has 0 saturated heterocycles. The predicted octanol–water partition coefficient (Wildman–Crippen LogP) is 6.27. The zero-order chi connectivity index (χ0) is 17.5. The number of halogens is 3. The van der Waals surface area contributed by atoms with E-state index in [0.717, 1.165) is 18.8 Å². The highest BCUT2D eigenvalue weighted by atomic mass is 79.9. The molecule has 0 heterocycles. The summed E-state index contributed by atoms with van der Waals surface area (Å²) in [6.45, 7) is 2.27. The van der Waals surface area contributed by atoms with E-state index >= 15 is 0 Å². The van der Waals surface area contributed by atoms with Crippen LogP contribution in [-0.2, 0) is 6.42 Å². The summed E-state index contributed by atoms with van der Waals surface area (Å²) in [6, 6.07) is 2.45. The van der Waals surface area contributed by atoms with E-state index in [2.05, 4.69) is 22.9 Å².